The van der Waals surface area contributed by atoms with Gasteiger partial charge in [-0.3, -0.25) is 0 Å². The van der Waals surface area contributed by atoms with Gasteiger partial charge in [-0.05, 0) is 31.8 Å². The van der Waals surface area contributed by atoms with Crippen molar-refractivity contribution in [1.82, 2.24) is 4.90 Å². The van der Waals surface area contributed by atoms with Gasteiger partial charge in [-0.15, -0.1) is 12.4 Å². The molecule has 2 N–H and O–H groups in total. The molecule has 60 valence electrons. The summed E-state index contributed by atoms with van der Waals surface area (Å²) in [6.45, 7) is 3.77. The standard InChI is InChI=1S/C7H14N2.ClH/c8-7-5-9-3-1-6(7)2-4-9;/h6-7H,1-5,8H2;1H/p+2. The maximum atomic E-state index is 5.88. The van der Waals surface area contributed by atoms with Crippen LogP contribution in [0.2, 0.25) is 0 Å². The van der Waals surface area contributed by atoms with E-state index in [1.54, 1.807) is 0 Å². The highest BCUT2D eigenvalue weighted by atomic mass is 35.5. The predicted molar refractivity (Wildman–Crippen MR) is 46.6 cm³/mol. The van der Waals surface area contributed by atoms with Gasteiger partial charge in [0.15, 0.2) is 0 Å². The molecule has 0 aromatic heterocycles. The topological polar surface area (TPSA) is 29.3 Å². The van der Waals surface area contributed by atoms with Crippen molar-refractivity contribution < 1.29 is 2.85 Å². The number of piperidine rings is 3. The van der Waals surface area contributed by atoms with Crippen molar-refractivity contribution in [1.29, 1.82) is 0 Å². The van der Waals surface area contributed by atoms with E-state index in [1.165, 1.54) is 25.9 Å². The predicted octanol–water partition coefficient (Wildman–Crippen LogP) is 0.686. The van der Waals surface area contributed by atoms with Crippen LogP contribution >= 0.6 is 12.4 Å². The average molecular weight is 165 g/mol. The first-order valence-electron chi connectivity index (χ1n) is 3.84. The molecule has 2 bridgehead atoms. The molecule has 1 atom stereocenters. The van der Waals surface area contributed by atoms with Crippen molar-refractivity contribution in [2.75, 3.05) is 19.6 Å². The fraction of sp³-hybridized carbons (Fsp3) is 1.00. The summed E-state index contributed by atoms with van der Waals surface area (Å²) in [5, 5.41) is 0. The van der Waals surface area contributed by atoms with Gasteiger partial charge in [0.25, 0.3) is 0 Å². The monoisotopic (exact) mass is 164 g/mol. The van der Waals surface area contributed by atoms with Gasteiger partial charge in [-0.1, -0.05) is 0 Å². The number of nitrogens with two attached hydrogens (primary N) is 1. The van der Waals surface area contributed by atoms with Crippen molar-refractivity contribution in [3.05, 3.63) is 0 Å². The summed E-state index contributed by atoms with van der Waals surface area (Å²) < 4.78 is 0. The van der Waals surface area contributed by atoms with Crippen molar-refractivity contribution in [3.63, 3.8) is 0 Å². The van der Waals surface area contributed by atoms with Gasteiger partial charge in [0.2, 0.25) is 0 Å². The third-order valence-electron chi connectivity index (χ3n) is 2.71. The fourth-order valence-electron chi connectivity index (χ4n) is 2.01. The number of hydrogen-bond acceptors (Lipinski definition) is 2. The molecule has 0 aliphatic carbocycles. The summed E-state index contributed by atoms with van der Waals surface area (Å²) in [6, 6.07) is 0.493. The molecule has 0 spiro atoms. The van der Waals surface area contributed by atoms with E-state index in [4.69, 9.17) is 5.73 Å². The number of halogens is 1. The zero-order valence-corrected chi connectivity index (χ0v) is 6.94. The maximum absolute atomic E-state index is 5.88. The van der Waals surface area contributed by atoms with E-state index < -0.39 is 0 Å². The van der Waals surface area contributed by atoms with Crippen LogP contribution in [0.15, 0.2) is 0 Å². The van der Waals surface area contributed by atoms with Crippen molar-refractivity contribution >= 4 is 12.4 Å². The van der Waals surface area contributed by atoms with Crippen LogP contribution in [0, 0.1) is 5.92 Å². The molecule has 3 aliphatic rings. The Kier molecular flexibility index (Phi) is 2.55. The third kappa shape index (κ3) is 1.29. The summed E-state index contributed by atoms with van der Waals surface area (Å²) in [5.74, 6) is 0.856. The van der Waals surface area contributed by atoms with E-state index in [0.29, 0.717) is 6.04 Å². The number of rotatable bonds is 0. The second-order valence-electron chi connectivity index (χ2n) is 3.30. The molecule has 3 rings (SSSR count). The zero-order chi connectivity index (χ0) is 6.27. The maximum Gasteiger partial charge on any atom is 1.00 e. The number of fused-ring (bicyclic) bond motifs is 3. The molecule has 0 amide bonds. The molecule has 3 fully saturated rings. The van der Waals surface area contributed by atoms with Gasteiger partial charge >= 0.3 is 2.85 Å². The van der Waals surface area contributed by atoms with E-state index in [9.17, 15) is 0 Å². The minimum Gasteiger partial charge on any atom is -0.326 e. The third-order valence-corrected chi connectivity index (χ3v) is 2.71. The van der Waals surface area contributed by atoms with Gasteiger partial charge in [0.1, 0.15) is 0 Å². The lowest BCUT2D eigenvalue weighted by atomic mass is 9.85. The quantitative estimate of drug-likeness (QED) is 0.571. The molecular weight excluding hydrogens is 148 g/mol. The second-order valence-corrected chi connectivity index (χ2v) is 3.30. The SMILES string of the molecule is Cl.NC1CN2CCC1CC2.[H+].[H+]. The first kappa shape index (κ1) is 8.31. The summed E-state index contributed by atoms with van der Waals surface area (Å²) in [6.07, 6.45) is 2.70. The Bertz CT molecular complexity index is 118. The molecule has 3 aliphatic heterocycles. The fourth-order valence-corrected chi connectivity index (χ4v) is 2.01. The molecule has 0 radical (unpaired) electrons. The molecule has 3 heteroatoms. The highest BCUT2D eigenvalue weighted by molar-refractivity contribution is 5.85. The first-order valence-corrected chi connectivity index (χ1v) is 3.84. The van der Waals surface area contributed by atoms with Gasteiger partial charge in [-0.25, -0.2) is 0 Å². The zero-order valence-electron chi connectivity index (χ0n) is 8.12. The Balaban J connectivity index is 0. The van der Waals surface area contributed by atoms with Crippen LogP contribution in [-0.4, -0.2) is 30.6 Å². The van der Waals surface area contributed by atoms with Gasteiger partial charge in [0.05, 0.1) is 0 Å². The number of nitrogens with zero attached hydrogens (tertiary/aromatic N) is 1. The van der Waals surface area contributed by atoms with E-state index in [2.05, 4.69) is 4.90 Å². The Morgan fingerprint density at radius 3 is 2.10 bits per heavy atom. The Hall–Kier alpha value is 0.210. The van der Waals surface area contributed by atoms with E-state index in [1.807, 2.05) is 0 Å². The molecule has 0 aromatic rings. The van der Waals surface area contributed by atoms with Crippen LogP contribution < -0.4 is 5.73 Å². The summed E-state index contributed by atoms with van der Waals surface area (Å²) >= 11 is 0. The van der Waals surface area contributed by atoms with Crippen LogP contribution in [-0.2, 0) is 0 Å². The number of hydrogen-bond donors (Lipinski definition) is 1. The van der Waals surface area contributed by atoms with Gasteiger partial charge in [-0.2, -0.15) is 0 Å². The minimum absolute atomic E-state index is 0. The van der Waals surface area contributed by atoms with E-state index in [-0.39, 0.29) is 15.3 Å². The van der Waals surface area contributed by atoms with Crippen LogP contribution in [0.25, 0.3) is 0 Å². The van der Waals surface area contributed by atoms with Crippen molar-refractivity contribution in [2.24, 2.45) is 11.7 Å². The van der Waals surface area contributed by atoms with Crippen molar-refractivity contribution in [3.8, 4) is 0 Å². The molecule has 3 heterocycles. The molecule has 0 saturated carbocycles. The van der Waals surface area contributed by atoms with Gasteiger partial charge < -0.3 is 10.6 Å². The average Bonchev–Trinajstić information content (AvgIpc) is 1.90. The molecule has 3 saturated heterocycles. The van der Waals surface area contributed by atoms with Crippen LogP contribution in [0.3, 0.4) is 0 Å². The smallest absolute Gasteiger partial charge is 0.326 e. The van der Waals surface area contributed by atoms with E-state index in [0.717, 1.165) is 12.5 Å². The van der Waals surface area contributed by atoms with E-state index >= 15 is 0 Å². The lowest BCUT2D eigenvalue weighted by Gasteiger charge is -2.43. The van der Waals surface area contributed by atoms with Crippen LogP contribution in [0.4, 0.5) is 0 Å². The van der Waals surface area contributed by atoms with Gasteiger partial charge in [0, 0.05) is 12.6 Å². The van der Waals surface area contributed by atoms with Crippen LogP contribution in [0.5, 0.6) is 0 Å². The minimum atomic E-state index is 0. The largest absolute Gasteiger partial charge is 1.00 e. The molecular formula is C7H17ClN2+2. The second kappa shape index (κ2) is 3.07. The summed E-state index contributed by atoms with van der Waals surface area (Å²) in [7, 11) is 0. The Morgan fingerprint density at radius 2 is 1.90 bits per heavy atom. The summed E-state index contributed by atoms with van der Waals surface area (Å²) in [4.78, 5) is 2.48. The molecule has 2 nitrogen and oxygen atoms in total. The lowest BCUT2D eigenvalue weighted by molar-refractivity contribution is 0.0896. The molecule has 0 aromatic carbocycles. The highest BCUT2D eigenvalue weighted by Crippen LogP contribution is 2.25. The lowest BCUT2D eigenvalue weighted by Crippen LogP contribution is -2.54. The normalized spacial score (nSPS) is 44.7. The molecule has 1 unspecified atom stereocenters. The summed E-state index contributed by atoms with van der Waals surface area (Å²) in [5.41, 5.74) is 5.88. The molecule has 10 heavy (non-hydrogen) atoms. The Morgan fingerprint density at radius 1 is 1.30 bits per heavy atom. The Labute approximate surface area is 71.1 Å². The van der Waals surface area contributed by atoms with Crippen LogP contribution in [0.1, 0.15) is 15.7 Å². The highest BCUT2D eigenvalue weighted by Gasteiger charge is 2.31. The van der Waals surface area contributed by atoms with Crippen molar-refractivity contribution in [2.45, 2.75) is 18.9 Å². The first-order chi connectivity index (χ1) is 4.36.